The number of rotatable bonds is 7. The molecule has 1 aliphatic rings. The van der Waals surface area contributed by atoms with Gasteiger partial charge in [0.15, 0.2) is 9.84 Å². The highest BCUT2D eigenvalue weighted by molar-refractivity contribution is 7.92. The van der Waals surface area contributed by atoms with Gasteiger partial charge in [0.05, 0.1) is 5.25 Å². The van der Waals surface area contributed by atoms with Crippen LogP contribution in [0.1, 0.15) is 33.3 Å². The van der Waals surface area contributed by atoms with E-state index in [0.29, 0.717) is 5.69 Å². The second-order valence-electron chi connectivity index (χ2n) is 7.57. The van der Waals surface area contributed by atoms with Crippen molar-refractivity contribution in [1.82, 2.24) is 4.90 Å². The van der Waals surface area contributed by atoms with Gasteiger partial charge >= 0.3 is 0 Å². The Bertz CT molecular complexity index is 690. The van der Waals surface area contributed by atoms with E-state index in [0.717, 1.165) is 43.5 Å². The minimum atomic E-state index is -3.38. The number of hydrogen-bond donors (Lipinski definition) is 1. The van der Waals surface area contributed by atoms with Crippen LogP contribution < -0.4 is 5.32 Å². The molecule has 2 atom stereocenters. The highest BCUT2D eigenvalue weighted by Crippen LogP contribution is 2.22. The van der Waals surface area contributed by atoms with Gasteiger partial charge in [-0.3, -0.25) is 4.79 Å². The Morgan fingerprint density at radius 3 is 2.48 bits per heavy atom. The standard InChI is InChI=1S/C19H30N2O3S/c1-14(2)25(23,24)13-19(22)20-18-7-5-6-17(10-18)8-9-21-11-15(3)16(4)12-21/h5-7,10,14-16H,8-9,11-13H2,1-4H3,(H,20,22)/t15-,16-/m0/s1. The van der Waals surface area contributed by atoms with Gasteiger partial charge in [-0.05, 0) is 49.8 Å². The topological polar surface area (TPSA) is 66.5 Å². The van der Waals surface area contributed by atoms with E-state index in [9.17, 15) is 13.2 Å². The summed E-state index contributed by atoms with van der Waals surface area (Å²) in [5.41, 5.74) is 1.81. The third-order valence-electron chi connectivity index (χ3n) is 5.04. The maximum Gasteiger partial charge on any atom is 0.239 e. The molecule has 0 spiro atoms. The van der Waals surface area contributed by atoms with Crippen LogP contribution in [0.3, 0.4) is 0 Å². The normalized spacial score (nSPS) is 21.6. The first-order chi connectivity index (χ1) is 11.7. The van der Waals surface area contributed by atoms with E-state index in [4.69, 9.17) is 0 Å². The lowest BCUT2D eigenvalue weighted by atomic mass is 10.0. The summed E-state index contributed by atoms with van der Waals surface area (Å²) in [6.07, 6.45) is 0.924. The number of carbonyl (C=O) groups excluding carboxylic acids is 1. The monoisotopic (exact) mass is 366 g/mol. The van der Waals surface area contributed by atoms with Gasteiger partial charge in [0.1, 0.15) is 5.75 Å². The van der Waals surface area contributed by atoms with Crippen molar-refractivity contribution in [1.29, 1.82) is 0 Å². The Hall–Kier alpha value is -1.40. The van der Waals surface area contributed by atoms with Gasteiger partial charge in [-0.2, -0.15) is 0 Å². The summed E-state index contributed by atoms with van der Waals surface area (Å²) in [4.78, 5) is 14.5. The minimum Gasteiger partial charge on any atom is -0.325 e. The molecule has 1 saturated heterocycles. The summed E-state index contributed by atoms with van der Waals surface area (Å²) in [7, 11) is -3.38. The van der Waals surface area contributed by atoms with Crippen molar-refractivity contribution in [2.75, 3.05) is 30.7 Å². The van der Waals surface area contributed by atoms with Gasteiger partial charge < -0.3 is 10.2 Å². The van der Waals surface area contributed by atoms with Crippen LogP contribution in [0.25, 0.3) is 0 Å². The molecule has 140 valence electrons. The summed E-state index contributed by atoms with van der Waals surface area (Å²) in [6.45, 7) is 11.1. The van der Waals surface area contributed by atoms with Crippen LogP contribution in [0.4, 0.5) is 5.69 Å². The number of nitrogens with one attached hydrogen (secondary N) is 1. The second-order valence-corrected chi connectivity index (χ2v) is 10.1. The van der Waals surface area contributed by atoms with E-state index in [1.807, 2.05) is 18.2 Å². The van der Waals surface area contributed by atoms with Crippen LogP contribution in [0, 0.1) is 11.8 Å². The molecule has 2 rings (SSSR count). The maximum atomic E-state index is 12.0. The Morgan fingerprint density at radius 2 is 1.88 bits per heavy atom. The van der Waals surface area contributed by atoms with Crippen LogP contribution in [-0.4, -0.2) is 49.9 Å². The summed E-state index contributed by atoms with van der Waals surface area (Å²) < 4.78 is 23.7. The fourth-order valence-electron chi connectivity index (χ4n) is 3.07. The van der Waals surface area contributed by atoms with Crippen LogP contribution >= 0.6 is 0 Å². The number of benzene rings is 1. The molecule has 0 aliphatic carbocycles. The van der Waals surface area contributed by atoms with Gasteiger partial charge in [-0.1, -0.05) is 26.0 Å². The molecule has 1 aromatic rings. The first-order valence-corrected chi connectivity index (χ1v) is 10.7. The number of sulfone groups is 1. The summed E-state index contributed by atoms with van der Waals surface area (Å²) in [5.74, 6) is 0.536. The van der Waals surface area contributed by atoms with Crippen molar-refractivity contribution < 1.29 is 13.2 Å². The predicted octanol–water partition coefficient (Wildman–Crippen LogP) is 2.58. The Kier molecular flexibility index (Phi) is 6.63. The van der Waals surface area contributed by atoms with E-state index < -0.39 is 26.7 Å². The molecule has 0 unspecified atom stereocenters. The van der Waals surface area contributed by atoms with Crippen LogP contribution in [-0.2, 0) is 21.1 Å². The summed E-state index contributed by atoms with van der Waals surface area (Å²) >= 11 is 0. The molecule has 5 nitrogen and oxygen atoms in total. The zero-order valence-corrected chi connectivity index (χ0v) is 16.5. The average molecular weight is 367 g/mol. The van der Waals surface area contributed by atoms with Crippen molar-refractivity contribution >= 4 is 21.4 Å². The van der Waals surface area contributed by atoms with Crippen LogP contribution in [0.5, 0.6) is 0 Å². The van der Waals surface area contributed by atoms with E-state index in [2.05, 4.69) is 24.1 Å². The minimum absolute atomic E-state index is 0.474. The fourth-order valence-corrected chi connectivity index (χ4v) is 3.84. The van der Waals surface area contributed by atoms with Crippen molar-refractivity contribution in [2.45, 2.75) is 39.4 Å². The highest BCUT2D eigenvalue weighted by atomic mass is 32.2. The lowest BCUT2D eigenvalue weighted by molar-refractivity contribution is -0.113. The first-order valence-electron chi connectivity index (χ1n) is 9.00. The molecule has 1 fully saturated rings. The number of amides is 1. The lowest BCUT2D eigenvalue weighted by Gasteiger charge is -2.15. The van der Waals surface area contributed by atoms with Crippen LogP contribution in [0.2, 0.25) is 0 Å². The zero-order valence-electron chi connectivity index (χ0n) is 15.7. The van der Waals surface area contributed by atoms with Gasteiger partial charge in [-0.15, -0.1) is 0 Å². The van der Waals surface area contributed by atoms with Gasteiger partial charge in [0.25, 0.3) is 0 Å². The molecule has 0 aromatic heterocycles. The maximum absolute atomic E-state index is 12.0. The SMILES string of the molecule is CC(C)S(=O)(=O)CC(=O)Nc1cccc(CCN2C[C@H](C)[C@@H](C)C2)c1. The van der Waals surface area contributed by atoms with Crippen molar-refractivity contribution in [2.24, 2.45) is 11.8 Å². The fraction of sp³-hybridized carbons (Fsp3) is 0.632. The molecule has 1 amide bonds. The van der Waals surface area contributed by atoms with E-state index in [1.165, 1.54) is 0 Å². The largest absolute Gasteiger partial charge is 0.325 e. The number of anilines is 1. The Balaban J connectivity index is 1.89. The van der Waals surface area contributed by atoms with Crippen LogP contribution in [0.15, 0.2) is 24.3 Å². The second kappa shape index (κ2) is 8.32. The van der Waals surface area contributed by atoms with E-state index in [1.54, 1.807) is 19.9 Å². The highest BCUT2D eigenvalue weighted by Gasteiger charge is 2.25. The quantitative estimate of drug-likeness (QED) is 0.805. The molecular weight excluding hydrogens is 336 g/mol. The Labute approximate surface area is 151 Å². The molecule has 1 N–H and O–H groups in total. The zero-order chi connectivity index (χ0) is 18.6. The predicted molar refractivity (Wildman–Crippen MR) is 102 cm³/mol. The molecule has 1 aromatic carbocycles. The Morgan fingerprint density at radius 1 is 1.24 bits per heavy atom. The summed E-state index contributed by atoms with van der Waals surface area (Å²) in [5, 5.41) is 2.16. The van der Waals surface area contributed by atoms with E-state index in [-0.39, 0.29) is 0 Å². The third kappa shape index (κ3) is 5.82. The molecular formula is C19H30N2O3S. The van der Waals surface area contributed by atoms with Gasteiger partial charge in [0.2, 0.25) is 5.91 Å². The molecule has 1 aliphatic heterocycles. The number of likely N-dealkylation sites (tertiary alicyclic amines) is 1. The van der Waals surface area contributed by atoms with Crippen molar-refractivity contribution in [3.05, 3.63) is 29.8 Å². The summed E-state index contributed by atoms with van der Waals surface area (Å²) in [6, 6.07) is 7.67. The molecule has 1 heterocycles. The molecule has 0 saturated carbocycles. The number of hydrogen-bond acceptors (Lipinski definition) is 4. The third-order valence-corrected chi connectivity index (χ3v) is 7.14. The van der Waals surface area contributed by atoms with Crippen molar-refractivity contribution in [3.8, 4) is 0 Å². The smallest absolute Gasteiger partial charge is 0.239 e. The number of carbonyl (C=O) groups is 1. The molecule has 6 heteroatoms. The molecule has 0 bridgehead atoms. The molecule has 25 heavy (non-hydrogen) atoms. The average Bonchev–Trinajstić information content (AvgIpc) is 2.83. The van der Waals surface area contributed by atoms with E-state index >= 15 is 0 Å². The number of nitrogens with zero attached hydrogens (tertiary/aromatic N) is 1. The lowest BCUT2D eigenvalue weighted by Crippen LogP contribution is -2.28. The van der Waals surface area contributed by atoms with Gasteiger partial charge in [-0.25, -0.2) is 8.42 Å². The van der Waals surface area contributed by atoms with Gasteiger partial charge in [0, 0.05) is 25.3 Å². The van der Waals surface area contributed by atoms with Crippen molar-refractivity contribution in [3.63, 3.8) is 0 Å². The molecule has 0 radical (unpaired) electrons. The first kappa shape index (κ1) is 19.9.